The summed E-state index contributed by atoms with van der Waals surface area (Å²) < 4.78 is 24.5. The minimum Gasteiger partial charge on any atom is -0.396 e. The number of anilines is 2. The van der Waals surface area contributed by atoms with Crippen molar-refractivity contribution in [1.82, 2.24) is 15.0 Å². The highest BCUT2D eigenvalue weighted by molar-refractivity contribution is 6.72. The van der Waals surface area contributed by atoms with Crippen molar-refractivity contribution in [2.45, 2.75) is 76.0 Å². The first kappa shape index (κ1) is 31.0. The fraction of sp³-hybridized carbons (Fsp3) is 0.484. The second-order valence-electron chi connectivity index (χ2n) is 12.7. The third kappa shape index (κ3) is 5.44. The molecule has 2 fully saturated rings. The summed E-state index contributed by atoms with van der Waals surface area (Å²) in [4.78, 5) is 41.7. The van der Waals surface area contributed by atoms with Crippen LogP contribution in [0.5, 0.6) is 0 Å². The summed E-state index contributed by atoms with van der Waals surface area (Å²) in [5, 5.41) is 29.3. The van der Waals surface area contributed by atoms with Gasteiger partial charge in [-0.15, -0.1) is 5.10 Å². The quantitative estimate of drug-likeness (QED) is 0.151. The van der Waals surface area contributed by atoms with Crippen molar-refractivity contribution in [1.29, 1.82) is 0 Å². The molecule has 238 valence electrons. The van der Waals surface area contributed by atoms with Crippen molar-refractivity contribution in [2.24, 2.45) is 5.92 Å². The van der Waals surface area contributed by atoms with E-state index in [-0.39, 0.29) is 30.7 Å². The average molecular weight is 637 g/mol. The van der Waals surface area contributed by atoms with Gasteiger partial charge in [0, 0.05) is 73.6 Å². The van der Waals surface area contributed by atoms with Gasteiger partial charge in [-0.1, -0.05) is 24.3 Å². The summed E-state index contributed by atoms with van der Waals surface area (Å²) in [5.41, 5.74) is 0.659. The molecule has 1 N–H and O–H groups in total. The lowest BCUT2D eigenvalue weighted by Gasteiger charge is -2.31. The number of rotatable bonds is 10. The Morgan fingerprint density at radius 3 is 2.71 bits per heavy atom. The number of non-ortho nitro benzene ring substituents is 1. The summed E-state index contributed by atoms with van der Waals surface area (Å²) in [5.74, 6) is -0.939. The maximum Gasteiger partial charge on any atom is 0.269 e. The summed E-state index contributed by atoms with van der Waals surface area (Å²) in [6.07, 6.45) is 3.07. The molecule has 0 aliphatic carbocycles. The molecule has 2 aromatic carbocycles. The number of hydrogen-bond acceptors (Lipinski definition) is 8. The van der Waals surface area contributed by atoms with Gasteiger partial charge in [0.25, 0.3) is 11.6 Å². The number of benzene rings is 2. The molecule has 4 atom stereocenters. The molecular weight excluding hydrogens is 599 g/mol. The van der Waals surface area contributed by atoms with Crippen LogP contribution >= 0.6 is 0 Å². The SMILES string of the molecule is C[C@@H]1[C@@H]([Si](C)(C)F)[C@H](CCn2cc(CCO)nn2)O[C@@]12C(=O)N(Cc1cccc(N3CCCC3=O)c1)c1ccc([N+](=O)[O-])cc12. The van der Waals surface area contributed by atoms with Crippen LogP contribution in [-0.2, 0) is 39.4 Å². The minimum atomic E-state index is -3.45. The van der Waals surface area contributed by atoms with Gasteiger partial charge in [0.15, 0.2) is 5.60 Å². The van der Waals surface area contributed by atoms with Crippen LogP contribution in [0.4, 0.5) is 21.2 Å². The molecule has 45 heavy (non-hydrogen) atoms. The number of amides is 2. The Morgan fingerprint density at radius 2 is 2.02 bits per heavy atom. The van der Waals surface area contributed by atoms with Gasteiger partial charge < -0.3 is 23.8 Å². The predicted octanol–water partition coefficient (Wildman–Crippen LogP) is 4.26. The van der Waals surface area contributed by atoms with Gasteiger partial charge in [0.2, 0.25) is 14.3 Å². The fourth-order valence-electron chi connectivity index (χ4n) is 7.44. The van der Waals surface area contributed by atoms with E-state index in [9.17, 15) is 24.8 Å². The lowest BCUT2D eigenvalue weighted by atomic mass is 9.82. The Balaban J connectivity index is 1.36. The first-order valence-corrected chi connectivity index (χ1v) is 18.3. The van der Waals surface area contributed by atoms with Crippen LogP contribution in [0.25, 0.3) is 0 Å². The molecule has 2 amide bonds. The Morgan fingerprint density at radius 1 is 1.22 bits per heavy atom. The zero-order chi connectivity index (χ0) is 32.1. The molecule has 3 aliphatic rings. The molecule has 0 radical (unpaired) electrons. The molecule has 12 nitrogen and oxygen atoms in total. The number of nitro benzene ring substituents is 1. The molecule has 0 bridgehead atoms. The van der Waals surface area contributed by atoms with Crippen LogP contribution in [-0.4, -0.2) is 64.5 Å². The highest BCUT2D eigenvalue weighted by atomic mass is 28.4. The number of hydrogen-bond donors (Lipinski definition) is 1. The van der Waals surface area contributed by atoms with Gasteiger partial charge in [0.1, 0.15) is 0 Å². The van der Waals surface area contributed by atoms with E-state index in [2.05, 4.69) is 10.3 Å². The highest BCUT2D eigenvalue weighted by Crippen LogP contribution is 2.60. The predicted molar refractivity (Wildman–Crippen MR) is 166 cm³/mol. The molecule has 3 aliphatic heterocycles. The number of aliphatic hydroxyl groups is 1. The number of aryl methyl sites for hydroxylation is 1. The molecule has 14 heteroatoms. The number of carbonyl (C=O) groups is 2. The zero-order valence-electron chi connectivity index (χ0n) is 25.6. The smallest absolute Gasteiger partial charge is 0.269 e. The van der Waals surface area contributed by atoms with E-state index >= 15 is 4.11 Å². The van der Waals surface area contributed by atoms with Crippen LogP contribution in [0.3, 0.4) is 0 Å². The molecular formula is C31H37FN6O6Si. The molecule has 1 aromatic heterocycles. The first-order chi connectivity index (χ1) is 21.4. The standard InChI is InChI=1S/C31H37FN6O6Si/c1-20-29(45(2,3)32)27(11-14-35-19-22(12-15-39)33-34-35)44-31(20)25-17-24(38(42)43)9-10-26(25)37(30(31)41)18-21-6-4-7-23(16-21)36-13-5-8-28(36)40/h4,6-7,9-10,16-17,19-20,27,29,39H,5,8,11-15,18H2,1-3H3/t20-,27+,29-,31+/m1/s1. The minimum absolute atomic E-state index is 0.0554. The van der Waals surface area contributed by atoms with E-state index in [0.29, 0.717) is 49.3 Å². The Hall–Kier alpha value is -4.01. The van der Waals surface area contributed by atoms with E-state index < -0.39 is 36.5 Å². The average Bonchev–Trinajstić information content (AvgIpc) is 3.75. The van der Waals surface area contributed by atoms with E-state index in [1.54, 1.807) is 39.8 Å². The largest absolute Gasteiger partial charge is 0.396 e. The molecule has 6 rings (SSSR count). The van der Waals surface area contributed by atoms with Crippen molar-refractivity contribution in [3.8, 4) is 0 Å². The van der Waals surface area contributed by atoms with Gasteiger partial charge in [0.05, 0.1) is 29.0 Å². The third-order valence-corrected chi connectivity index (χ3v) is 11.8. The Bertz CT molecular complexity index is 1640. The van der Waals surface area contributed by atoms with E-state index in [1.165, 1.54) is 12.1 Å². The zero-order valence-corrected chi connectivity index (χ0v) is 26.6. The number of ether oxygens (including phenoxy) is 1. The summed E-state index contributed by atoms with van der Waals surface area (Å²) in [6.45, 7) is 6.11. The van der Waals surface area contributed by atoms with Crippen LogP contribution in [0.15, 0.2) is 48.7 Å². The van der Waals surface area contributed by atoms with E-state index in [4.69, 9.17) is 4.74 Å². The maximum absolute atomic E-state index is 16.2. The first-order valence-electron chi connectivity index (χ1n) is 15.3. The molecule has 2 saturated heterocycles. The van der Waals surface area contributed by atoms with E-state index in [1.807, 2.05) is 31.2 Å². The van der Waals surface area contributed by atoms with Gasteiger partial charge in [-0.2, -0.15) is 0 Å². The Labute approximate surface area is 261 Å². The topological polar surface area (TPSA) is 144 Å². The number of nitrogens with zero attached hydrogens (tertiary/aromatic N) is 6. The summed E-state index contributed by atoms with van der Waals surface area (Å²) >= 11 is 0. The molecule has 0 unspecified atom stereocenters. The van der Waals surface area contributed by atoms with Crippen LogP contribution in [0, 0.1) is 16.0 Å². The second kappa shape index (κ2) is 11.7. The van der Waals surface area contributed by atoms with Gasteiger partial charge in [-0.3, -0.25) is 24.4 Å². The van der Waals surface area contributed by atoms with Crippen molar-refractivity contribution in [3.05, 3.63) is 75.6 Å². The highest BCUT2D eigenvalue weighted by Gasteiger charge is 2.66. The summed E-state index contributed by atoms with van der Waals surface area (Å²) in [6, 6.07) is 11.8. The fourth-order valence-corrected chi connectivity index (χ4v) is 9.98. The monoisotopic (exact) mass is 636 g/mol. The van der Waals surface area contributed by atoms with Crippen molar-refractivity contribution in [3.63, 3.8) is 0 Å². The van der Waals surface area contributed by atoms with E-state index in [0.717, 1.165) is 17.7 Å². The van der Waals surface area contributed by atoms with Gasteiger partial charge in [-0.25, -0.2) is 0 Å². The summed E-state index contributed by atoms with van der Waals surface area (Å²) in [7, 11) is -3.45. The number of carbonyl (C=O) groups excluding carboxylic acids is 2. The van der Waals surface area contributed by atoms with Crippen molar-refractivity contribution in [2.75, 3.05) is 23.0 Å². The van der Waals surface area contributed by atoms with Crippen molar-refractivity contribution >= 4 is 37.3 Å². The second-order valence-corrected chi connectivity index (χ2v) is 16.5. The normalized spacial score (nSPS) is 24.7. The maximum atomic E-state index is 16.2. The van der Waals surface area contributed by atoms with Gasteiger partial charge in [-0.05, 0) is 49.7 Å². The van der Waals surface area contributed by atoms with Gasteiger partial charge >= 0.3 is 0 Å². The molecule has 1 spiro atoms. The van der Waals surface area contributed by atoms with Crippen molar-refractivity contribution < 1.29 is 28.5 Å². The third-order valence-electron chi connectivity index (χ3n) is 9.39. The molecule has 3 aromatic rings. The number of nitro groups is 1. The number of halogens is 1. The van der Waals surface area contributed by atoms with Crippen LogP contribution in [0.2, 0.25) is 18.6 Å². The number of fused-ring (bicyclic) bond motifs is 2. The number of aromatic nitrogens is 3. The van der Waals surface area contributed by atoms with Crippen LogP contribution < -0.4 is 9.80 Å². The lowest BCUT2D eigenvalue weighted by molar-refractivity contribution is -0.385. The molecule has 4 heterocycles. The lowest BCUT2D eigenvalue weighted by Crippen LogP contribution is -2.45. The number of aliphatic hydroxyl groups excluding tert-OH is 1. The molecule has 0 saturated carbocycles. The Kier molecular flexibility index (Phi) is 8.08. The van der Waals surface area contributed by atoms with Crippen LogP contribution in [0.1, 0.15) is 43.0 Å².